The number of amides is 1. The van der Waals surface area contributed by atoms with E-state index >= 15 is 0 Å². The fourth-order valence-electron chi connectivity index (χ4n) is 5.59. The molecule has 2 aromatic carbocycles. The number of carbonyl (C=O) groups is 1. The molecule has 2 atom stereocenters. The SMILES string of the molecule is C=CS(=O)(=O)NCC1CCN(S(=O)(=O)c2ccc(C(CC3CCCC3)C(=O)NCc3ccc(C(F)(F)F)cc3)cc2)C1. The van der Waals surface area contributed by atoms with E-state index in [9.17, 15) is 34.8 Å². The Morgan fingerprint density at radius 3 is 2.21 bits per heavy atom. The summed E-state index contributed by atoms with van der Waals surface area (Å²) in [5.74, 6) is -0.608. The second-order valence-corrected chi connectivity index (χ2v) is 14.6. The number of halogens is 3. The van der Waals surface area contributed by atoms with Crippen LogP contribution in [0.1, 0.15) is 61.1 Å². The highest BCUT2D eigenvalue weighted by Gasteiger charge is 2.34. The van der Waals surface area contributed by atoms with E-state index in [4.69, 9.17) is 0 Å². The molecule has 2 unspecified atom stereocenters. The standard InChI is InChI=1S/C29H36F3N3O5S2/c1-2-41(37,38)34-19-23-15-16-35(20-23)42(39,40)26-13-9-24(10-14-26)27(17-21-5-3-4-6-21)28(36)33-18-22-7-11-25(12-8-22)29(30,31)32/h2,7-14,21,23,27,34H,1,3-6,15-20H2,(H,33,36). The van der Waals surface area contributed by atoms with Gasteiger partial charge in [-0.3, -0.25) is 4.79 Å². The minimum atomic E-state index is -4.43. The fraction of sp³-hybridized carbons (Fsp3) is 0.483. The van der Waals surface area contributed by atoms with Crippen molar-refractivity contribution in [2.24, 2.45) is 11.8 Å². The molecule has 2 fully saturated rings. The first-order chi connectivity index (χ1) is 19.8. The minimum absolute atomic E-state index is 0.0731. The Bertz CT molecular complexity index is 1460. The Morgan fingerprint density at radius 1 is 0.976 bits per heavy atom. The topological polar surface area (TPSA) is 113 Å². The number of rotatable bonds is 12. The number of alkyl halides is 3. The zero-order chi connectivity index (χ0) is 30.5. The second-order valence-electron chi connectivity index (χ2n) is 11.0. The number of sulfonamides is 2. The van der Waals surface area contributed by atoms with Crippen molar-refractivity contribution < 1.29 is 34.8 Å². The fourth-order valence-corrected chi connectivity index (χ4v) is 7.71. The zero-order valence-electron chi connectivity index (χ0n) is 23.1. The van der Waals surface area contributed by atoms with Gasteiger partial charge >= 0.3 is 6.18 Å². The van der Waals surface area contributed by atoms with Gasteiger partial charge in [-0.1, -0.05) is 56.5 Å². The molecule has 8 nitrogen and oxygen atoms in total. The summed E-state index contributed by atoms with van der Waals surface area (Å²) in [5, 5.41) is 3.66. The van der Waals surface area contributed by atoms with Crippen LogP contribution < -0.4 is 10.0 Å². The molecule has 4 rings (SSSR count). The Hall–Kier alpha value is -2.74. The molecular formula is C29H36F3N3O5S2. The first-order valence-electron chi connectivity index (χ1n) is 13.9. The van der Waals surface area contributed by atoms with Crippen LogP contribution in [0.25, 0.3) is 0 Å². The maximum atomic E-state index is 13.3. The summed E-state index contributed by atoms with van der Waals surface area (Å²) in [6, 6.07) is 10.9. The summed E-state index contributed by atoms with van der Waals surface area (Å²) < 4.78 is 92.2. The van der Waals surface area contributed by atoms with E-state index in [0.717, 1.165) is 43.2 Å². The summed E-state index contributed by atoms with van der Waals surface area (Å²) in [5.41, 5.74) is 0.455. The average molecular weight is 628 g/mol. The molecular weight excluding hydrogens is 591 g/mol. The van der Waals surface area contributed by atoms with E-state index in [0.29, 0.717) is 29.9 Å². The number of hydrogen-bond acceptors (Lipinski definition) is 5. The van der Waals surface area contributed by atoms with Gasteiger partial charge in [0.15, 0.2) is 0 Å². The van der Waals surface area contributed by atoms with Gasteiger partial charge in [0.05, 0.1) is 16.4 Å². The molecule has 1 aliphatic carbocycles. The van der Waals surface area contributed by atoms with E-state index in [-0.39, 0.29) is 42.9 Å². The first-order valence-corrected chi connectivity index (χ1v) is 16.9. The molecule has 0 radical (unpaired) electrons. The second kappa shape index (κ2) is 13.3. The lowest BCUT2D eigenvalue weighted by atomic mass is 9.87. The average Bonchev–Trinajstić information content (AvgIpc) is 3.66. The third-order valence-corrected chi connectivity index (χ3v) is 11.0. The number of carbonyl (C=O) groups excluding carboxylic acids is 1. The van der Waals surface area contributed by atoms with Crippen LogP contribution in [0.4, 0.5) is 13.2 Å². The minimum Gasteiger partial charge on any atom is -0.351 e. The van der Waals surface area contributed by atoms with Crippen LogP contribution in [-0.2, 0) is 37.6 Å². The first kappa shape index (κ1) is 32.2. The highest BCUT2D eigenvalue weighted by atomic mass is 32.2. The van der Waals surface area contributed by atoms with E-state index in [1.165, 1.54) is 28.6 Å². The maximum absolute atomic E-state index is 13.3. The van der Waals surface area contributed by atoms with Gasteiger partial charge in [0.2, 0.25) is 26.0 Å². The highest BCUT2D eigenvalue weighted by molar-refractivity contribution is 7.92. The summed E-state index contributed by atoms with van der Waals surface area (Å²) in [6.07, 6.45) is 0.874. The largest absolute Gasteiger partial charge is 0.416 e. The smallest absolute Gasteiger partial charge is 0.351 e. The Morgan fingerprint density at radius 2 is 1.62 bits per heavy atom. The van der Waals surface area contributed by atoms with E-state index in [1.807, 2.05) is 0 Å². The van der Waals surface area contributed by atoms with Crippen molar-refractivity contribution in [3.05, 3.63) is 77.2 Å². The summed E-state index contributed by atoms with van der Waals surface area (Å²) in [7, 11) is -7.42. The molecule has 1 saturated heterocycles. The van der Waals surface area contributed by atoms with Gasteiger partial charge in [0.1, 0.15) is 0 Å². The van der Waals surface area contributed by atoms with Gasteiger partial charge in [0.25, 0.3) is 0 Å². The van der Waals surface area contributed by atoms with Crippen molar-refractivity contribution in [3.63, 3.8) is 0 Å². The molecule has 0 aromatic heterocycles. The van der Waals surface area contributed by atoms with Gasteiger partial charge in [-0.25, -0.2) is 21.6 Å². The van der Waals surface area contributed by atoms with Gasteiger partial charge < -0.3 is 5.32 Å². The van der Waals surface area contributed by atoms with Gasteiger partial charge in [-0.15, -0.1) is 0 Å². The van der Waals surface area contributed by atoms with Crippen LogP contribution in [0.15, 0.2) is 65.4 Å². The Balaban J connectivity index is 1.43. The molecule has 0 spiro atoms. The third kappa shape index (κ3) is 8.21. The molecule has 2 aliphatic rings. The van der Waals surface area contributed by atoms with E-state index in [1.54, 1.807) is 12.1 Å². The maximum Gasteiger partial charge on any atom is 0.416 e. The molecule has 1 aliphatic heterocycles. The van der Waals surface area contributed by atoms with Crippen LogP contribution in [0.2, 0.25) is 0 Å². The molecule has 1 amide bonds. The predicted molar refractivity (Wildman–Crippen MR) is 153 cm³/mol. The molecule has 1 heterocycles. The highest BCUT2D eigenvalue weighted by Crippen LogP contribution is 2.35. The van der Waals surface area contributed by atoms with Crippen LogP contribution in [0.5, 0.6) is 0 Å². The normalized spacial score (nSPS) is 19.5. The molecule has 230 valence electrons. The molecule has 42 heavy (non-hydrogen) atoms. The molecule has 13 heteroatoms. The Labute approximate surface area is 245 Å². The van der Waals surface area contributed by atoms with Crippen molar-refractivity contribution in [1.82, 2.24) is 14.3 Å². The number of nitrogens with one attached hydrogen (secondary N) is 2. The summed E-state index contributed by atoms with van der Waals surface area (Å²) >= 11 is 0. The number of hydrogen-bond donors (Lipinski definition) is 2. The number of benzene rings is 2. The van der Waals surface area contributed by atoms with Crippen molar-refractivity contribution >= 4 is 26.0 Å². The van der Waals surface area contributed by atoms with E-state index < -0.39 is 37.7 Å². The summed E-state index contributed by atoms with van der Waals surface area (Å²) in [6.45, 7) is 3.88. The predicted octanol–water partition coefficient (Wildman–Crippen LogP) is 4.76. The van der Waals surface area contributed by atoms with Crippen molar-refractivity contribution in [2.45, 2.75) is 62.1 Å². The lowest BCUT2D eigenvalue weighted by molar-refractivity contribution is -0.137. The van der Waals surface area contributed by atoms with E-state index in [2.05, 4.69) is 16.6 Å². The lowest BCUT2D eigenvalue weighted by Gasteiger charge is -2.22. The monoisotopic (exact) mass is 627 g/mol. The van der Waals surface area contributed by atoms with Gasteiger partial charge in [-0.2, -0.15) is 17.5 Å². The van der Waals surface area contributed by atoms with Crippen molar-refractivity contribution in [2.75, 3.05) is 19.6 Å². The van der Waals surface area contributed by atoms with Crippen LogP contribution >= 0.6 is 0 Å². The lowest BCUT2D eigenvalue weighted by Crippen LogP contribution is -2.32. The molecule has 2 aromatic rings. The van der Waals surface area contributed by atoms with Crippen LogP contribution in [0, 0.1) is 11.8 Å². The number of nitrogens with zero attached hydrogens (tertiary/aromatic N) is 1. The molecule has 1 saturated carbocycles. The molecule has 2 N–H and O–H groups in total. The summed E-state index contributed by atoms with van der Waals surface area (Å²) in [4.78, 5) is 13.4. The van der Waals surface area contributed by atoms with Gasteiger partial charge in [0, 0.05) is 31.6 Å². The third-order valence-electron chi connectivity index (χ3n) is 8.07. The van der Waals surface area contributed by atoms with Crippen molar-refractivity contribution in [3.8, 4) is 0 Å². The molecule has 0 bridgehead atoms. The van der Waals surface area contributed by atoms with Crippen LogP contribution in [0.3, 0.4) is 0 Å². The Kier molecular flexibility index (Phi) is 10.2. The quantitative estimate of drug-likeness (QED) is 0.353. The zero-order valence-corrected chi connectivity index (χ0v) is 24.8. The van der Waals surface area contributed by atoms with Crippen molar-refractivity contribution in [1.29, 1.82) is 0 Å². The van der Waals surface area contributed by atoms with Gasteiger partial charge in [-0.05, 0) is 60.1 Å². The van der Waals surface area contributed by atoms with Crippen LogP contribution in [-0.4, -0.2) is 46.7 Å².